The highest BCUT2D eigenvalue weighted by Gasteiger charge is 2.22. The standard InChI is InChI=1S/C20H10BrClF2N4O2/c21-16-2-1-11(5-17-15-7-13(23)9-28(29)20(15)27-26-17)18(24)19(16)30-14-4-10(8-25)3-12(22)6-14/h1-4,6-7,9,29H,5H2. The van der Waals surface area contributed by atoms with Gasteiger partial charge in [0.1, 0.15) is 11.6 Å². The quantitative estimate of drug-likeness (QED) is 0.377. The minimum Gasteiger partial charge on any atom is -0.453 e. The molecule has 0 amide bonds. The molecule has 0 radical (unpaired) electrons. The zero-order chi connectivity index (χ0) is 21.4. The fourth-order valence-corrected chi connectivity index (χ4v) is 3.55. The van der Waals surface area contributed by atoms with E-state index in [-0.39, 0.29) is 51.2 Å². The van der Waals surface area contributed by atoms with Gasteiger partial charge in [-0.05, 0) is 51.8 Å². The average Bonchev–Trinajstić information content (AvgIpc) is 3.10. The molecule has 2 heterocycles. The molecule has 0 fully saturated rings. The number of nitriles is 1. The first kappa shape index (κ1) is 20.1. The van der Waals surface area contributed by atoms with Gasteiger partial charge in [-0.25, -0.2) is 8.78 Å². The van der Waals surface area contributed by atoms with E-state index in [1.165, 1.54) is 30.3 Å². The Morgan fingerprint density at radius 2 is 2.00 bits per heavy atom. The van der Waals surface area contributed by atoms with Crippen molar-refractivity contribution in [3.63, 3.8) is 0 Å². The fraction of sp³-hybridized carbons (Fsp3) is 0.0500. The van der Waals surface area contributed by atoms with Crippen molar-refractivity contribution >= 4 is 27.5 Å². The molecule has 2 aromatic rings. The summed E-state index contributed by atoms with van der Waals surface area (Å²) in [5, 5.41) is 26.8. The lowest BCUT2D eigenvalue weighted by molar-refractivity contribution is 0.182. The van der Waals surface area contributed by atoms with Crippen molar-refractivity contribution in [2.24, 2.45) is 0 Å². The van der Waals surface area contributed by atoms with Crippen molar-refractivity contribution in [3.8, 4) is 29.0 Å². The normalized spacial score (nSPS) is 10.9. The molecule has 150 valence electrons. The molecule has 0 spiro atoms. The first-order valence-electron chi connectivity index (χ1n) is 8.43. The lowest BCUT2D eigenvalue weighted by atomic mass is 10.0. The smallest absolute Gasteiger partial charge is 0.199 e. The predicted molar refractivity (Wildman–Crippen MR) is 107 cm³/mol. The monoisotopic (exact) mass is 490 g/mol. The summed E-state index contributed by atoms with van der Waals surface area (Å²) < 4.78 is 35.4. The SMILES string of the molecule is N#Cc1cc(Cl)cc(Oc2c(Br)ccc(Cc3nnc4n(O)cc(F)cc3-4)c2F)c1. The van der Waals surface area contributed by atoms with Crippen molar-refractivity contribution in [1.29, 1.82) is 5.26 Å². The number of benzene rings is 2. The minimum absolute atomic E-state index is 0.0194. The second-order valence-corrected chi connectivity index (χ2v) is 7.59. The Balaban J connectivity index is 1.70. The van der Waals surface area contributed by atoms with E-state index >= 15 is 4.39 Å². The van der Waals surface area contributed by atoms with Gasteiger partial charge in [-0.15, -0.1) is 5.10 Å². The molecule has 0 unspecified atom stereocenters. The third kappa shape index (κ3) is 3.79. The van der Waals surface area contributed by atoms with Crippen LogP contribution >= 0.6 is 27.5 Å². The molecule has 2 aromatic carbocycles. The maximum atomic E-state index is 15.2. The highest BCUT2D eigenvalue weighted by atomic mass is 79.9. The topological polar surface area (TPSA) is 84.0 Å². The summed E-state index contributed by atoms with van der Waals surface area (Å²) in [4.78, 5) is 0. The second-order valence-electron chi connectivity index (χ2n) is 6.30. The Bertz CT molecular complexity index is 1290. The molecule has 4 rings (SSSR count). The van der Waals surface area contributed by atoms with Gasteiger partial charge in [-0.2, -0.15) is 15.1 Å². The van der Waals surface area contributed by atoms with Gasteiger partial charge in [0.15, 0.2) is 17.4 Å². The van der Waals surface area contributed by atoms with Crippen LogP contribution in [0.25, 0.3) is 11.4 Å². The third-order valence-electron chi connectivity index (χ3n) is 4.27. The zero-order valence-electron chi connectivity index (χ0n) is 14.9. The first-order valence-corrected chi connectivity index (χ1v) is 9.60. The van der Waals surface area contributed by atoms with E-state index < -0.39 is 11.6 Å². The van der Waals surface area contributed by atoms with Crippen molar-refractivity contribution in [2.75, 3.05) is 0 Å². The van der Waals surface area contributed by atoms with Gasteiger partial charge < -0.3 is 9.94 Å². The molecule has 30 heavy (non-hydrogen) atoms. The van der Waals surface area contributed by atoms with Crippen molar-refractivity contribution in [1.82, 2.24) is 14.9 Å². The number of rotatable bonds is 4. The Hall–Kier alpha value is -3.22. The van der Waals surface area contributed by atoms with Crippen molar-refractivity contribution in [3.05, 3.63) is 80.5 Å². The highest BCUT2D eigenvalue weighted by molar-refractivity contribution is 9.10. The molecule has 0 bridgehead atoms. The number of fused-ring (bicyclic) bond motifs is 1. The summed E-state index contributed by atoms with van der Waals surface area (Å²) in [5.74, 6) is -1.21. The molecule has 2 aliphatic heterocycles. The summed E-state index contributed by atoms with van der Waals surface area (Å²) >= 11 is 9.23. The average molecular weight is 492 g/mol. The molecule has 1 N–H and O–H groups in total. The Morgan fingerprint density at radius 3 is 2.77 bits per heavy atom. The minimum atomic E-state index is -0.685. The van der Waals surface area contributed by atoms with E-state index in [0.29, 0.717) is 9.20 Å². The van der Waals surface area contributed by atoms with E-state index in [1.54, 1.807) is 6.07 Å². The summed E-state index contributed by atoms with van der Waals surface area (Å²) in [7, 11) is 0. The van der Waals surface area contributed by atoms with Crippen LogP contribution in [0.3, 0.4) is 0 Å². The zero-order valence-corrected chi connectivity index (χ0v) is 17.2. The number of hydrogen-bond donors (Lipinski definition) is 1. The molecule has 2 aliphatic rings. The third-order valence-corrected chi connectivity index (χ3v) is 5.11. The number of nitrogens with zero attached hydrogens (tertiary/aromatic N) is 4. The largest absolute Gasteiger partial charge is 0.453 e. The molecule has 0 saturated heterocycles. The van der Waals surface area contributed by atoms with Gasteiger partial charge in [0, 0.05) is 17.0 Å². The summed E-state index contributed by atoms with van der Waals surface area (Å²) in [6.07, 6.45) is 0.835. The Morgan fingerprint density at radius 1 is 1.20 bits per heavy atom. The number of hydrogen-bond acceptors (Lipinski definition) is 5. The van der Waals surface area contributed by atoms with Gasteiger partial charge in [-0.3, -0.25) is 0 Å². The van der Waals surface area contributed by atoms with E-state index in [4.69, 9.17) is 21.6 Å². The van der Waals surface area contributed by atoms with Gasteiger partial charge >= 0.3 is 0 Å². The fourth-order valence-electron chi connectivity index (χ4n) is 2.93. The van der Waals surface area contributed by atoms with E-state index in [2.05, 4.69) is 26.1 Å². The molecule has 6 nitrogen and oxygen atoms in total. The summed E-state index contributed by atoms with van der Waals surface area (Å²) in [5.41, 5.74) is 1.03. The molecular weight excluding hydrogens is 482 g/mol. The second kappa shape index (κ2) is 7.89. The maximum absolute atomic E-state index is 15.2. The summed E-state index contributed by atoms with van der Waals surface area (Å²) in [6, 6.07) is 10.6. The van der Waals surface area contributed by atoms with Crippen LogP contribution in [-0.2, 0) is 6.42 Å². The van der Waals surface area contributed by atoms with E-state index in [9.17, 15) is 9.60 Å². The van der Waals surface area contributed by atoms with Crippen molar-refractivity contribution in [2.45, 2.75) is 6.42 Å². The van der Waals surface area contributed by atoms with Gasteiger partial charge in [0.25, 0.3) is 0 Å². The van der Waals surface area contributed by atoms with Crippen LogP contribution < -0.4 is 4.74 Å². The molecule has 0 aliphatic carbocycles. The lowest BCUT2D eigenvalue weighted by Crippen LogP contribution is -2.02. The Kier molecular flexibility index (Phi) is 5.28. The number of pyridine rings is 1. The number of halogens is 4. The van der Waals surface area contributed by atoms with Crippen LogP contribution in [0.1, 0.15) is 16.8 Å². The van der Waals surface area contributed by atoms with Crippen LogP contribution in [-0.4, -0.2) is 20.1 Å². The lowest BCUT2D eigenvalue weighted by Gasteiger charge is -2.12. The van der Waals surface area contributed by atoms with Gasteiger partial charge in [-0.1, -0.05) is 17.7 Å². The van der Waals surface area contributed by atoms with Crippen molar-refractivity contribution < 1.29 is 18.7 Å². The van der Waals surface area contributed by atoms with Crippen LogP contribution in [0.5, 0.6) is 11.5 Å². The van der Waals surface area contributed by atoms with Crippen LogP contribution in [0.2, 0.25) is 5.02 Å². The van der Waals surface area contributed by atoms with Crippen LogP contribution in [0, 0.1) is 23.0 Å². The highest BCUT2D eigenvalue weighted by Crippen LogP contribution is 2.36. The number of ether oxygens (including phenoxy) is 1. The van der Waals surface area contributed by atoms with Gasteiger partial charge in [0.2, 0.25) is 0 Å². The molecular formula is C20H10BrClF2N4O2. The van der Waals surface area contributed by atoms with Crippen LogP contribution in [0.15, 0.2) is 47.1 Å². The Labute approximate surface area is 182 Å². The molecule has 10 heteroatoms. The van der Waals surface area contributed by atoms with Crippen LogP contribution in [0.4, 0.5) is 8.78 Å². The first-order chi connectivity index (χ1) is 14.4. The van der Waals surface area contributed by atoms with E-state index in [1.807, 2.05) is 6.07 Å². The van der Waals surface area contributed by atoms with E-state index in [0.717, 1.165) is 6.20 Å². The molecule has 0 aromatic heterocycles. The van der Waals surface area contributed by atoms with Gasteiger partial charge in [0.05, 0.1) is 28.0 Å². The maximum Gasteiger partial charge on any atom is 0.199 e. The summed E-state index contributed by atoms with van der Waals surface area (Å²) in [6.45, 7) is 0. The molecule has 0 saturated carbocycles. The predicted octanol–water partition coefficient (Wildman–Crippen LogP) is 5.57. The molecule has 0 atom stereocenters. The number of aromatic nitrogens is 3.